The van der Waals surface area contributed by atoms with Gasteiger partial charge in [-0.15, -0.1) is 0 Å². The van der Waals surface area contributed by atoms with E-state index in [4.69, 9.17) is 0 Å². The molecule has 2 amide bonds. The van der Waals surface area contributed by atoms with Crippen LogP contribution in [0.2, 0.25) is 0 Å². The van der Waals surface area contributed by atoms with Crippen LogP contribution in [0.25, 0.3) is 0 Å². The number of carboxylic acids is 1. The number of carbonyl (C=O) groups excluding carboxylic acids is 2. The third-order valence-corrected chi connectivity index (χ3v) is 5.37. The number of nitrogens with zero attached hydrogens (tertiary/aromatic N) is 2. The summed E-state index contributed by atoms with van der Waals surface area (Å²) in [6.07, 6.45) is 4.49. The highest BCUT2D eigenvalue weighted by molar-refractivity contribution is 6.01. The summed E-state index contributed by atoms with van der Waals surface area (Å²) in [4.78, 5) is 40.0. The Kier molecular flexibility index (Phi) is 4.79. The van der Waals surface area contributed by atoms with E-state index >= 15 is 0 Å². The molecule has 1 saturated carbocycles. The molecule has 3 atom stereocenters. The molecule has 134 valence electrons. The summed E-state index contributed by atoms with van der Waals surface area (Å²) in [7, 11) is 3.31. The standard InChI is InChI=1S/C19H24N2O4/c1-20(2)17(22)13-7-5-8-14(10-13)18(23)21-15-9-4-3-6-12(15)11-16(21)19(24)25/h5,7-8,10,12,15-16H,3-4,6,9,11H2,1-2H3,(H,24,25). The van der Waals surface area contributed by atoms with Crippen molar-refractivity contribution in [2.45, 2.75) is 44.2 Å². The predicted molar refractivity (Wildman–Crippen MR) is 92.4 cm³/mol. The predicted octanol–water partition coefficient (Wildman–Crippen LogP) is 2.25. The molecule has 3 unspecified atom stereocenters. The number of carboxylic acid groups (broad SMARTS) is 1. The summed E-state index contributed by atoms with van der Waals surface area (Å²) >= 11 is 0. The van der Waals surface area contributed by atoms with E-state index in [1.807, 2.05) is 0 Å². The van der Waals surface area contributed by atoms with Gasteiger partial charge in [-0.25, -0.2) is 4.79 Å². The van der Waals surface area contributed by atoms with Crippen LogP contribution in [0.3, 0.4) is 0 Å². The fraction of sp³-hybridized carbons (Fsp3) is 0.526. The average molecular weight is 344 g/mol. The van der Waals surface area contributed by atoms with Crippen molar-refractivity contribution in [2.75, 3.05) is 14.1 Å². The van der Waals surface area contributed by atoms with Crippen LogP contribution >= 0.6 is 0 Å². The maximum Gasteiger partial charge on any atom is 0.326 e. The van der Waals surface area contributed by atoms with Crippen molar-refractivity contribution < 1.29 is 19.5 Å². The summed E-state index contributed by atoms with van der Waals surface area (Å²) in [6, 6.07) is 5.79. The molecule has 0 spiro atoms. The van der Waals surface area contributed by atoms with E-state index in [-0.39, 0.29) is 23.8 Å². The van der Waals surface area contributed by atoms with E-state index < -0.39 is 12.0 Å². The Morgan fingerprint density at radius 3 is 2.48 bits per heavy atom. The van der Waals surface area contributed by atoms with E-state index in [0.717, 1.165) is 25.7 Å². The van der Waals surface area contributed by atoms with E-state index in [1.165, 1.54) is 4.90 Å². The third-order valence-electron chi connectivity index (χ3n) is 5.37. The van der Waals surface area contributed by atoms with E-state index in [1.54, 1.807) is 43.3 Å². The smallest absolute Gasteiger partial charge is 0.326 e. The molecule has 0 radical (unpaired) electrons. The lowest BCUT2D eigenvalue weighted by molar-refractivity contribution is -0.141. The number of aliphatic carboxylic acids is 1. The van der Waals surface area contributed by atoms with Gasteiger partial charge in [0.1, 0.15) is 6.04 Å². The quantitative estimate of drug-likeness (QED) is 0.912. The number of amides is 2. The molecule has 1 N–H and O–H groups in total. The first-order valence-electron chi connectivity index (χ1n) is 8.77. The molecule has 1 aliphatic carbocycles. The number of likely N-dealkylation sites (tertiary alicyclic amines) is 1. The first-order chi connectivity index (χ1) is 11.9. The molecule has 25 heavy (non-hydrogen) atoms. The Morgan fingerprint density at radius 1 is 1.12 bits per heavy atom. The van der Waals surface area contributed by atoms with Crippen molar-refractivity contribution in [3.8, 4) is 0 Å². The number of benzene rings is 1. The average Bonchev–Trinajstić information content (AvgIpc) is 3.00. The van der Waals surface area contributed by atoms with Gasteiger partial charge in [0.25, 0.3) is 11.8 Å². The molecule has 0 aromatic heterocycles. The molecule has 3 rings (SSSR count). The summed E-state index contributed by atoms with van der Waals surface area (Å²) in [5.74, 6) is -1.13. The number of hydrogen-bond acceptors (Lipinski definition) is 3. The van der Waals surface area contributed by atoms with Crippen molar-refractivity contribution >= 4 is 17.8 Å². The molecule has 1 aromatic carbocycles. The number of carbonyl (C=O) groups is 3. The lowest BCUT2D eigenvalue weighted by Gasteiger charge is -2.33. The fourth-order valence-electron chi connectivity index (χ4n) is 4.17. The number of hydrogen-bond donors (Lipinski definition) is 1. The zero-order valence-electron chi connectivity index (χ0n) is 14.6. The lowest BCUT2D eigenvalue weighted by atomic mass is 9.84. The first kappa shape index (κ1) is 17.5. The van der Waals surface area contributed by atoms with Gasteiger partial charge in [0.05, 0.1) is 0 Å². The van der Waals surface area contributed by atoms with Crippen molar-refractivity contribution in [3.05, 3.63) is 35.4 Å². The lowest BCUT2D eigenvalue weighted by Crippen LogP contribution is -2.46. The van der Waals surface area contributed by atoms with Gasteiger partial charge in [0, 0.05) is 31.3 Å². The number of rotatable bonds is 3. The van der Waals surface area contributed by atoms with Crippen LogP contribution in [-0.4, -0.2) is 58.9 Å². The fourth-order valence-corrected chi connectivity index (χ4v) is 4.17. The Bertz CT molecular complexity index is 700. The molecule has 1 aromatic rings. The topological polar surface area (TPSA) is 77.9 Å². The van der Waals surface area contributed by atoms with E-state index in [0.29, 0.717) is 17.5 Å². The highest BCUT2D eigenvalue weighted by Gasteiger charge is 2.47. The third kappa shape index (κ3) is 3.25. The van der Waals surface area contributed by atoms with Crippen LogP contribution in [0.5, 0.6) is 0 Å². The minimum atomic E-state index is -0.941. The van der Waals surface area contributed by atoms with Gasteiger partial charge in [-0.3, -0.25) is 9.59 Å². The van der Waals surface area contributed by atoms with Crippen molar-refractivity contribution in [3.63, 3.8) is 0 Å². The van der Waals surface area contributed by atoms with Crippen LogP contribution in [-0.2, 0) is 4.79 Å². The highest BCUT2D eigenvalue weighted by atomic mass is 16.4. The second-order valence-electron chi connectivity index (χ2n) is 7.19. The monoisotopic (exact) mass is 344 g/mol. The normalized spacial score (nSPS) is 25.4. The Morgan fingerprint density at radius 2 is 1.80 bits per heavy atom. The van der Waals surface area contributed by atoms with Crippen LogP contribution in [0.15, 0.2) is 24.3 Å². The van der Waals surface area contributed by atoms with Gasteiger partial charge in [0.2, 0.25) is 0 Å². The molecule has 1 heterocycles. The molecule has 0 bridgehead atoms. The van der Waals surface area contributed by atoms with Gasteiger partial charge in [-0.2, -0.15) is 0 Å². The Hall–Kier alpha value is -2.37. The molecule has 1 saturated heterocycles. The van der Waals surface area contributed by atoms with Crippen LogP contribution in [0.4, 0.5) is 0 Å². The largest absolute Gasteiger partial charge is 0.480 e. The highest BCUT2D eigenvalue weighted by Crippen LogP contribution is 2.40. The Labute approximate surface area is 147 Å². The van der Waals surface area contributed by atoms with Crippen molar-refractivity contribution in [1.29, 1.82) is 0 Å². The van der Waals surface area contributed by atoms with E-state index in [9.17, 15) is 19.5 Å². The summed E-state index contributed by atoms with van der Waals surface area (Å²) in [5, 5.41) is 9.59. The second-order valence-corrected chi connectivity index (χ2v) is 7.19. The van der Waals surface area contributed by atoms with Gasteiger partial charge in [-0.05, 0) is 43.4 Å². The molecule has 1 aliphatic heterocycles. The van der Waals surface area contributed by atoms with Gasteiger partial charge >= 0.3 is 5.97 Å². The van der Waals surface area contributed by atoms with E-state index in [2.05, 4.69) is 0 Å². The molecule has 2 aliphatic rings. The Balaban J connectivity index is 1.91. The summed E-state index contributed by atoms with van der Waals surface area (Å²) < 4.78 is 0. The SMILES string of the molecule is CN(C)C(=O)c1cccc(C(=O)N2C(C(=O)O)CC3CCCCC32)c1. The number of fused-ring (bicyclic) bond motifs is 1. The van der Waals surface area contributed by atoms with Gasteiger partial charge in [-0.1, -0.05) is 18.9 Å². The van der Waals surface area contributed by atoms with Gasteiger partial charge in [0.15, 0.2) is 0 Å². The minimum absolute atomic E-state index is 0.00411. The van der Waals surface area contributed by atoms with Crippen LogP contribution in [0, 0.1) is 5.92 Å². The zero-order valence-corrected chi connectivity index (χ0v) is 14.6. The van der Waals surface area contributed by atoms with Crippen LogP contribution in [0.1, 0.15) is 52.8 Å². The maximum absolute atomic E-state index is 13.1. The molecule has 6 heteroatoms. The molecular weight excluding hydrogens is 320 g/mol. The van der Waals surface area contributed by atoms with Crippen molar-refractivity contribution in [1.82, 2.24) is 9.80 Å². The summed E-state index contributed by atoms with van der Waals surface area (Å²) in [5.41, 5.74) is 0.812. The second kappa shape index (κ2) is 6.86. The maximum atomic E-state index is 13.1. The molecule has 6 nitrogen and oxygen atoms in total. The zero-order chi connectivity index (χ0) is 18.1. The summed E-state index contributed by atoms with van der Waals surface area (Å²) in [6.45, 7) is 0. The van der Waals surface area contributed by atoms with Gasteiger partial charge < -0.3 is 14.9 Å². The molecular formula is C19H24N2O4. The molecule has 2 fully saturated rings. The van der Waals surface area contributed by atoms with Crippen molar-refractivity contribution in [2.24, 2.45) is 5.92 Å². The first-order valence-corrected chi connectivity index (χ1v) is 8.77. The minimum Gasteiger partial charge on any atom is -0.480 e. The van der Waals surface area contributed by atoms with Crippen LogP contribution < -0.4 is 0 Å².